The van der Waals surface area contributed by atoms with Gasteiger partial charge < -0.3 is 35.9 Å². The van der Waals surface area contributed by atoms with Crippen molar-refractivity contribution in [1.82, 2.24) is 16.0 Å². The first-order chi connectivity index (χ1) is 26.6. The van der Waals surface area contributed by atoms with Crippen LogP contribution in [0.4, 0.5) is 0 Å². The van der Waals surface area contributed by atoms with Crippen molar-refractivity contribution in [2.75, 3.05) is 52.4 Å². The Kier molecular flexibility index (Phi) is 14.5. The van der Waals surface area contributed by atoms with Gasteiger partial charge in [-0.3, -0.25) is 24.0 Å². The molecule has 12 heteroatoms. The van der Waals surface area contributed by atoms with Gasteiger partial charge in [0.1, 0.15) is 6.10 Å². The van der Waals surface area contributed by atoms with Gasteiger partial charge in [-0.25, -0.2) is 0 Å². The summed E-state index contributed by atoms with van der Waals surface area (Å²) >= 11 is 0. The first-order valence-corrected chi connectivity index (χ1v) is 21.4. The van der Waals surface area contributed by atoms with Crippen molar-refractivity contribution in [1.29, 1.82) is 0 Å². The molecule has 0 aromatic rings. The van der Waals surface area contributed by atoms with Gasteiger partial charge in [-0.15, -0.1) is 0 Å². The summed E-state index contributed by atoms with van der Waals surface area (Å²) < 4.78 is 17.6. The van der Waals surface area contributed by atoms with Gasteiger partial charge >= 0.3 is 17.9 Å². The maximum Gasteiger partial charge on any atom is 0.319 e. The number of fused-ring (bicyclic) bond motifs is 2. The summed E-state index contributed by atoms with van der Waals surface area (Å²) in [7, 11) is 0. The Morgan fingerprint density at radius 1 is 0.929 bits per heavy atom. The number of ketones is 2. The van der Waals surface area contributed by atoms with Gasteiger partial charge in [0, 0.05) is 31.6 Å². The van der Waals surface area contributed by atoms with Gasteiger partial charge in [-0.05, 0) is 149 Å². The molecule has 12 nitrogen and oxygen atoms in total. The van der Waals surface area contributed by atoms with E-state index >= 15 is 0 Å². The van der Waals surface area contributed by atoms with Gasteiger partial charge in [-0.1, -0.05) is 40.3 Å². The van der Waals surface area contributed by atoms with Crippen molar-refractivity contribution < 1.29 is 38.2 Å². The van der Waals surface area contributed by atoms with Crippen molar-refractivity contribution in [3.63, 3.8) is 0 Å². The fourth-order valence-corrected chi connectivity index (χ4v) is 12.0. The Morgan fingerprint density at radius 3 is 2.25 bits per heavy atom. The molecule has 0 aromatic heterocycles. The van der Waals surface area contributed by atoms with E-state index < -0.39 is 53.1 Å². The van der Waals surface area contributed by atoms with Crippen LogP contribution in [0.5, 0.6) is 0 Å². The van der Waals surface area contributed by atoms with Crippen LogP contribution in [0.1, 0.15) is 106 Å². The minimum Gasteiger partial charge on any atom is -0.464 e. The molecule has 5 N–H and O–H groups in total. The zero-order chi connectivity index (χ0) is 40.9. The van der Waals surface area contributed by atoms with Crippen LogP contribution in [0, 0.1) is 51.2 Å². The third-order valence-electron chi connectivity index (χ3n) is 15.1. The fraction of sp³-hybridized carbons (Fsp3) is 0.795. The normalized spacial score (nSPS) is 34.9. The Balaban J connectivity index is 1.18. The molecule has 2 spiro atoms. The number of allylic oxidation sites excluding steroid dienone is 2. The summed E-state index contributed by atoms with van der Waals surface area (Å²) in [5, 5.41) is 9.93. The van der Waals surface area contributed by atoms with Crippen LogP contribution in [0.25, 0.3) is 0 Å². The predicted molar refractivity (Wildman–Crippen MR) is 214 cm³/mol. The topological polar surface area (TPSA) is 175 Å². The van der Waals surface area contributed by atoms with Crippen LogP contribution in [-0.2, 0) is 38.2 Å². The molecular formula is C44H70N4O8. The van der Waals surface area contributed by atoms with E-state index in [9.17, 15) is 24.0 Å². The maximum atomic E-state index is 14.5. The van der Waals surface area contributed by atoms with Crippen molar-refractivity contribution >= 4 is 29.5 Å². The van der Waals surface area contributed by atoms with Crippen LogP contribution in [0.3, 0.4) is 0 Å². The highest BCUT2D eigenvalue weighted by Crippen LogP contribution is 2.87. The van der Waals surface area contributed by atoms with Crippen LogP contribution < -0.4 is 21.7 Å². The summed E-state index contributed by atoms with van der Waals surface area (Å²) in [6.45, 7) is 20.3. The number of carbonyl (C=O) groups excluding carboxylic acids is 5. The number of carbonyl (C=O) groups is 5. The average Bonchev–Trinajstić information content (AvgIpc) is 3.76. The molecule has 0 amide bonds. The van der Waals surface area contributed by atoms with E-state index in [4.69, 9.17) is 19.9 Å². The molecule has 314 valence electrons. The third-order valence-corrected chi connectivity index (χ3v) is 15.1. The molecule has 0 aromatic carbocycles. The van der Waals surface area contributed by atoms with Crippen LogP contribution >= 0.6 is 0 Å². The molecule has 0 heterocycles. The highest BCUT2D eigenvalue weighted by Gasteiger charge is 2.82. The second-order valence-electron chi connectivity index (χ2n) is 18.2. The van der Waals surface area contributed by atoms with E-state index in [2.05, 4.69) is 49.4 Å². The SMILES string of the molecule is C=C(C(=O)[C@H](OC(C)=O)C1[C@@H](OC(C)=O)C[C@@]2(C)[C@@H]3CC[C@H]4[C@H](C)C(=O)C=C[C@@]45C[C@@]35CC[C@]12C)[C@@H](C)COC(=O)CNCCCNCCCCNCCCN. The van der Waals surface area contributed by atoms with Crippen molar-refractivity contribution in [2.24, 2.45) is 57.0 Å². The monoisotopic (exact) mass is 783 g/mol. The summed E-state index contributed by atoms with van der Waals surface area (Å²) in [4.78, 5) is 65.2. The number of esters is 3. The number of ether oxygens (including phenoxy) is 3. The highest BCUT2D eigenvalue weighted by molar-refractivity contribution is 6.00. The number of unbranched alkanes of at least 4 members (excludes halogenated alkanes) is 1. The molecule has 0 saturated heterocycles. The molecule has 4 fully saturated rings. The molecular weight excluding hydrogens is 713 g/mol. The molecule has 4 saturated carbocycles. The lowest BCUT2D eigenvalue weighted by Crippen LogP contribution is -2.57. The second kappa shape index (κ2) is 18.3. The lowest BCUT2D eigenvalue weighted by Gasteiger charge is -2.60. The maximum absolute atomic E-state index is 14.5. The molecule has 5 rings (SSSR count). The fourth-order valence-electron chi connectivity index (χ4n) is 12.0. The second-order valence-corrected chi connectivity index (χ2v) is 18.2. The Morgan fingerprint density at radius 2 is 1.59 bits per heavy atom. The number of nitrogens with two attached hydrogens (primary N) is 1. The summed E-state index contributed by atoms with van der Waals surface area (Å²) in [5.74, 6) is -2.16. The van der Waals surface area contributed by atoms with Gasteiger partial charge in [0.15, 0.2) is 17.7 Å². The van der Waals surface area contributed by atoms with Gasteiger partial charge in [-0.2, -0.15) is 0 Å². The van der Waals surface area contributed by atoms with Crippen LogP contribution in [-0.4, -0.2) is 94.1 Å². The van der Waals surface area contributed by atoms with Crippen LogP contribution in [0.15, 0.2) is 24.3 Å². The molecule has 56 heavy (non-hydrogen) atoms. The Labute approximate surface area is 334 Å². The van der Waals surface area contributed by atoms with Crippen molar-refractivity contribution in [2.45, 2.75) is 118 Å². The van der Waals surface area contributed by atoms with Gasteiger partial charge in [0.05, 0.1) is 13.2 Å². The summed E-state index contributed by atoms with van der Waals surface area (Å²) in [6, 6.07) is 0. The molecule has 0 bridgehead atoms. The van der Waals surface area contributed by atoms with E-state index in [0.29, 0.717) is 31.3 Å². The van der Waals surface area contributed by atoms with E-state index in [0.717, 1.165) is 84.0 Å². The third kappa shape index (κ3) is 8.59. The molecule has 5 aliphatic rings. The number of nitrogens with one attached hydrogen (secondary N) is 3. The van der Waals surface area contributed by atoms with Gasteiger partial charge in [0.2, 0.25) is 0 Å². The lowest BCUT2D eigenvalue weighted by atomic mass is 9.43. The Hall–Kier alpha value is -2.93. The minimum atomic E-state index is -1.21. The summed E-state index contributed by atoms with van der Waals surface area (Å²) in [5.41, 5.74) is 4.94. The molecule has 5 aliphatic carbocycles. The van der Waals surface area contributed by atoms with E-state index in [-0.39, 0.29) is 46.7 Å². The molecule has 11 atom stereocenters. The largest absolute Gasteiger partial charge is 0.464 e. The van der Waals surface area contributed by atoms with E-state index in [1.54, 1.807) is 6.92 Å². The molecule has 1 unspecified atom stereocenters. The summed E-state index contributed by atoms with van der Waals surface area (Å²) in [6.07, 6.45) is 11.5. The van der Waals surface area contributed by atoms with E-state index in [1.807, 2.05) is 6.08 Å². The number of hydrogen-bond acceptors (Lipinski definition) is 12. The minimum absolute atomic E-state index is 0.00391. The molecule has 0 aliphatic heterocycles. The van der Waals surface area contributed by atoms with E-state index in [1.165, 1.54) is 13.8 Å². The number of rotatable bonds is 22. The zero-order valence-corrected chi connectivity index (χ0v) is 35.0. The smallest absolute Gasteiger partial charge is 0.319 e. The number of Topliss-reactive ketones (excluding diaryl/α,β-unsaturated/α-hetero) is 1. The predicted octanol–water partition coefficient (Wildman–Crippen LogP) is 4.45. The van der Waals surface area contributed by atoms with Gasteiger partial charge in [0.25, 0.3) is 0 Å². The Bertz CT molecular complexity index is 1520. The standard InChI is InChI=1S/C44H70N4O8/c1-28(26-54-37(52)25-48-23-11-22-47-20-9-8-19-46-21-10-18-45)29(2)39(53)40(56-32(5)50)38-35(55-31(4)49)24-42(7)36-13-12-33-30(3)34(51)14-15-43(33)27-44(36,43)17-16-41(38,42)6/h14-15,28,30,33,35-36,38,40,46-48H,2,8-13,16-27,45H2,1,3-7H3/t28-,30-,33-,35-,36-,38?,40+,41+,42-,43+,44-/m0/s1. The first-order valence-electron chi connectivity index (χ1n) is 21.4. The van der Waals surface area contributed by atoms with Crippen LogP contribution in [0.2, 0.25) is 0 Å². The van der Waals surface area contributed by atoms with Crippen molar-refractivity contribution in [3.05, 3.63) is 24.3 Å². The molecule has 0 radical (unpaired) electrons. The zero-order valence-electron chi connectivity index (χ0n) is 35.0. The lowest BCUT2D eigenvalue weighted by molar-refractivity contribution is -0.173. The highest BCUT2D eigenvalue weighted by atomic mass is 16.6. The van der Waals surface area contributed by atoms with Crippen molar-refractivity contribution in [3.8, 4) is 0 Å². The quantitative estimate of drug-likeness (QED) is 0.0527. The average molecular weight is 783 g/mol. The number of hydrogen-bond donors (Lipinski definition) is 4. The first kappa shape index (κ1) is 44.2.